The number of methoxy groups -OCH3 is 4. The zero-order chi connectivity index (χ0) is 23.5. The van der Waals surface area contributed by atoms with Crippen LogP contribution < -0.4 is 24.7 Å². The van der Waals surface area contributed by atoms with E-state index in [0.717, 1.165) is 11.1 Å². The van der Waals surface area contributed by atoms with Crippen molar-refractivity contribution in [3.05, 3.63) is 59.7 Å². The molecule has 0 saturated heterocycles. The van der Waals surface area contributed by atoms with Crippen molar-refractivity contribution in [2.45, 2.75) is 6.42 Å². The molecular weight excluding hydrogens is 410 g/mol. The van der Waals surface area contributed by atoms with Gasteiger partial charge in [0.2, 0.25) is 0 Å². The van der Waals surface area contributed by atoms with E-state index in [-0.39, 0.29) is 11.6 Å². The number of hydrogen-bond acceptors (Lipinski definition) is 6. The van der Waals surface area contributed by atoms with Gasteiger partial charge in [0.05, 0.1) is 40.9 Å². The monoisotopic (exact) mass is 440 g/mol. The predicted octanol–water partition coefficient (Wildman–Crippen LogP) is 2.83. The Morgan fingerprint density at radius 2 is 1.16 bits per heavy atom. The van der Waals surface area contributed by atoms with Gasteiger partial charge in [0.25, 0.3) is 0 Å². The number of allylic oxidation sites excluding steroid dienone is 2. The fourth-order valence-corrected chi connectivity index (χ4v) is 3.13. The lowest BCUT2D eigenvalue weighted by Gasteiger charge is -2.10. The lowest BCUT2D eigenvalue weighted by Crippen LogP contribution is -2.51. The molecule has 0 aliphatic carbocycles. The Balaban J connectivity index is 2.16. The van der Waals surface area contributed by atoms with E-state index in [1.54, 1.807) is 77.0 Å². The molecule has 2 aromatic rings. The molecule has 0 spiro atoms. The highest BCUT2D eigenvalue weighted by molar-refractivity contribution is 6.13. The van der Waals surface area contributed by atoms with Crippen molar-refractivity contribution in [2.24, 2.45) is 5.92 Å². The standard InChI is InChI=1S/C25H29NO6/c1-29-22-11-7-17(15-24(22)31-3)5-9-20(27)19(13-14-26)21(28)10-6-18-8-12-23(30-2)25(16-18)32-4/h5-12,15-16,19H,13-14,26H2,1-4H3/p+1. The number of ether oxygens (including phenoxy) is 4. The van der Waals surface area contributed by atoms with Gasteiger partial charge in [-0.25, -0.2) is 0 Å². The second kappa shape index (κ2) is 12.3. The highest BCUT2D eigenvalue weighted by atomic mass is 16.5. The Labute approximate surface area is 188 Å². The van der Waals surface area contributed by atoms with Gasteiger partial charge in [-0.05, 0) is 47.5 Å². The van der Waals surface area contributed by atoms with Crippen LogP contribution in [0.15, 0.2) is 48.6 Å². The summed E-state index contributed by atoms with van der Waals surface area (Å²) in [5.41, 5.74) is 5.32. The van der Waals surface area contributed by atoms with E-state index in [1.165, 1.54) is 12.2 Å². The van der Waals surface area contributed by atoms with Gasteiger partial charge >= 0.3 is 0 Å². The van der Waals surface area contributed by atoms with Gasteiger partial charge in [-0.1, -0.05) is 24.3 Å². The zero-order valence-corrected chi connectivity index (χ0v) is 18.9. The number of hydrogen-bond donors (Lipinski definition) is 1. The van der Waals surface area contributed by atoms with E-state index in [0.29, 0.717) is 36.0 Å². The lowest BCUT2D eigenvalue weighted by atomic mass is 9.93. The third-order valence-electron chi connectivity index (χ3n) is 4.87. The molecule has 0 amide bonds. The SMILES string of the molecule is COc1ccc(C=CC(=O)C(CC[NH3+])C(=O)C=Cc2ccc(OC)c(OC)c2)cc1OC. The maximum atomic E-state index is 12.8. The quantitative estimate of drug-likeness (QED) is 0.403. The number of carbonyl (C=O) groups excluding carboxylic acids is 2. The van der Waals surface area contributed by atoms with Crippen LogP contribution in [0.4, 0.5) is 0 Å². The topological polar surface area (TPSA) is 98.7 Å². The van der Waals surface area contributed by atoms with E-state index < -0.39 is 5.92 Å². The molecule has 7 nitrogen and oxygen atoms in total. The third-order valence-corrected chi connectivity index (χ3v) is 4.87. The van der Waals surface area contributed by atoms with Crippen molar-refractivity contribution in [1.82, 2.24) is 0 Å². The minimum absolute atomic E-state index is 0.273. The molecule has 0 heterocycles. The summed E-state index contributed by atoms with van der Waals surface area (Å²) in [4.78, 5) is 25.5. The molecule has 0 aliphatic rings. The molecule has 2 rings (SSSR count). The van der Waals surface area contributed by atoms with Crippen molar-refractivity contribution < 1.29 is 34.3 Å². The average Bonchev–Trinajstić information content (AvgIpc) is 2.83. The van der Waals surface area contributed by atoms with Crippen molar-refractivity contribution in [3.8, 4) is 23.0 Å². The van der Waals surface area contributed by atoms with Crippen LogP contribution in [-0.4, -0.2) is 46.6 Å². The molecular formula is C25H30NO6+. The third kappa shape index (κ3) is 6.46. The van der Waals surface area contributed by atoms with Gasteiger partial charge in [0.15, 0.2) is 34.6 Å². The number of quaternary nitrogens is 1. The number of rotatable bonds is 12. The van der Waals surface area contributed by atoms with Crippen molar-refractivity contribution in [2.75, 3.05) is 35.0 Å². The van der Waals surface area contributed by atoms with Crippen molar-refractivity contribution >= 4 is 23.7 Å². The molecule has 0 radical (unpaired) electrons. The van der Waals surface area contributed by atoms with Crippen LogP contribution >= 0.6 is 0 Å². The minimum atomic E-state index is -0.791. The van der Waals surface area contributed by atoms with Crippen LogP contribution in [0.2, 0.25) is 0 Å². The molecule has 2 aromatic carbocycles. The van der Waals surface area contributed by atoms with Gasteiger partial charge in [-0.15, -0.1) is 0 Å². The molecule has 0 fully saturated rings. The molecule has 0 atom stereocenters. The Morgan fingerprint density at radius 3 is 1.50 bits per heavy atom. The van der Waals surface area contributed by atoms with E-state index in [2.05, 4.69) is 5.73 Å². The first-order valence-electron chi connectivity index (χ1n) is 10.1. The summed E-state index contributed by atoms with van der Waals surface area (Å²) in [5, 5.41) is 0. The highest BCUT2D eigenvalue weighted by Gasteiger charge is 2.22. The smallest absolute Gasteiger partial charge is 0.166 e. The largest absolute Gasteiger partial charge is 0.493 e. The summed E-state index contributed by atoms with van der Waals surface area (Å²) in [7, 11) is 6.21. The molecule has 32 heavy (non-hydrogen) atoms. The highest BCUT2D eigenvalue weighted by Crippen LogP contribution is 2.29. The van der Waals surface area contributed by atoms with Gasteiger partial charge in [0.1, 0.15) is 0 Å². The van der Waals surface area contributed by atoms with Gasteiger partial charge in [-0.3, -0.25) is 9.59 Å². The Bertz CT molecular complexity index is 918. The van der Waals surface area contributed by atoms with Crippen LogP contribution in [0.5, 0.6) is 23.0 Å². The Kier molecular flexibility index (Phi) is 9.50. The normalized spacial score (nSPS) is 12.0. The molecule has 0 aromatic heterocycles. The van der Waals surface area contributed by atoms with Crippen LogP contribution in [0, 0.1) is 5.92 Å². The Morgan fingerprint density at radius 1 is 0.750 bits per heavy atom. The average molecular weight is 441 g/mol. The molecule has 0 bridgehead atoms. The summed E-state index contributed by atoms with van der Waals surface area (Å²) < 4.78 is 21.0. The molecule has 0 unspecified atom stereocenters. The second-order valence-electron chi connectivity index (χ2n) is 6.90. The van der Waals surface area contributed by atoms with Crippen LogP contribution in [0.25, 0.3) is 12.2 Å². The van der Waals surface area contributed by atoms with Gasteiger partial charge < -0.3 is 24.7 Å². The first-order valence-corrected chi connectivity index (χ1v) is 10.1. The molecule has 3 N–H and O–H groups in total. The predicted molar refractivity (Wildman–Crippen MR) is 123 cm³/mol. The van der Waals surface area contributed by atoms with Crippen LogP contribution in [0.1, 0.15) is 17.5 Å². The number of carbonyl (C=O) groups is 2. The summed E-state index contributed by atoms with van der Waals surface area (Å²) >= 11 is 0. The fourth-order valence-electron chi connectivity index (χ4n) is 3.13. The van der Waals surface area contributed by atoms with Gasteiger partial charge in [-0.2, -0.15) is 0 Å². The molecule has 170 valence electrons. The summed E-state index contributed by atoms with van der Waals surface area (Å²) in [6.07, 6.45) is 6.52. The maximum Gasteiger partial charge on any atom is 0.166 e. The molecule has 0 saturated carbocycles. The first-order chi connectivity index (χ1) is 15.5. The first kappa shape index (κ1) is 24.7. The van der Waals surface area contributed by atoms with Gasteiger partial charge in [0, 0.05) is 6.42 Å². The Hall–Kier alpha value is -3.58. The van der Waals surface area contributed by atoms with Crippen LogP contribution in [0.3, 0.4) is 0 Å². The van der Waals surface area contributed by atoms with Crippen molar-refractivity contribution in [1.29, 1.82) is 0 Å². The minimum Gasteiger partial charge on any atom is -0.493 e. The van der Waals surface area contributed by atoms with E-state index in [4.69, 9.17) is 18.9 Å². The summed E-state index contributed by atoms with van der Waals surface area (Å²) in [5.74, 6) is 0.981. The van der Waals surface area contributed by atoms with E-state index >= 15 is 0 Å². The number of benzene rings is 2. The molecule has 7 heteroatoms. The second-order valence-corrected chi connectivity index (χ2v) is 6.90. The fraction of sp³-hybridized carbons (Fsp3) is 0.280. The summed E-state index contributed by atoms with van der Waals surface area (Å²) in [6, 6.07) is 10.6. The van der Waals surface area contributed by atoms with Crippen molar-refractivity contribution in [3.63, 3.8) is 0 Å². The lowest BCUT2D eigenvalue weighted by molar-refractivity contribution is -0.369. The maximum absolute atomic E-state index is 12.8. The number of ketones is 2. The van der Waals surface area contributed by atoms with E-state index in [9.17, 15) is 9.59 Å². The van der Waals surface area contributed by atoms with E-state index in [1.807, 2.05) is 0 Å². The zero-order valence-electron chi connectivity index (χ0n) is 18.9. The summed E-state index contributed by atoms with van der Waals surface area (Å²) in [6.45, 7) is 0.469. The van der Waals surface area contributed by atoms with Crippen LogP contribution in [-0.2, 0) is 9.59 Å². The molecule has 0 aliphatic heterocycles.